The lowest BCUT2D eigenvalue weighted by atomic mass is 9.90. The Morgan fingerprint density at radius 2 is 1.90 bits per heavy atom. The normalized spacial score (nSPS) is 14.2. The lowest BCUT2D eigenvalue weighted by molar-refractivity contribution is 0.0978. The Morgan fingerprint density at radius 3 is 2.57 bits per heavy atom. The highest BCUT2D eigenvalue weighted by Gasteiger charge is 2.25. The first kappa shape index (κ1) is 15.5. The van der Waals surface area contributed by atoms with Crippen molar-refractivity contribution in [2.24, 2.45) is 5.92 Å². The van der Waals surface area contributed by atoms with Crippen molar-refractivity contribution in [2.45, 2.75) is 40.0 Å². The number of likely N-dealkylation sites (N-methyl/N-ethyl adjacent to an activating group) is 1. The van der Waals surface area contributed by atoms with Crippen LogP contribution in [-0.2, 0) is 6.42 Å². The SMILES string of the molecule is CCNC1=CC(=O)c2cc(CCCC(C)C)ccc2C1=O. The maximum atomic E-state index is 12.3. The predicted molar refractivity (Wildman–Crippen MR) is 84.6 cm³/mol. The van der Waals surface area contributed by atoms with Crippen molar-refractivity contribution in [1.82, 2.24) is 5.32 Å². The van der Waals surface area contributed by atoms with E-state index < -0.39 is 0 Å². The van der Waals surface area contributed by atoms with Crippen LogP contribution >= 0.6 is 0 Å². The zero-order chi connectivity index (χ0) is 15.4. The van der Waals surface area contributed by atoms with E-state index in [9.17, 15) is 9.59 Å². The van der Waals surface area contributed by atoms with E-state index in [-0.39, 0.29) is 11.6 Å². The van der Waals surface area contributed by atoms with Gasteiger partial charge in [0.25, 0.3) is 0 Å². The van der Waals surface area contributed by atoms with Crippen LogP contribution < -0.4 is 5.32 Å². The molecule has 0 saturated carbocycles. The van der Waals surface area contributed by atoms with E-state index in [4.69, 9.17) is 0 Å². The summed E-state index contributed by atoms with van der Waals surface area (Å²) in [7, 11) is 0. The second kappa shape index (κ2) is 6.70. The number of fused-ring (bicyclic) bond motifs is 1. The first-order valence-corrected chi connectivity index (χ1v) is 7.70. The number of Topliss-reactive ketones (excluding diaryl/α,β-unsaturated/α-hetero) is 1. The average molecular weight is 285 g/mol. The first-order chi connectivity index (χ1) is 10.0. The molecule has 1 aliphatic carbocycles. The van der Waals surface area contributed by atoms with Gasteiger partial charge in [-0.1, -0.05) is 26.3 Å². The van der Waals surface area contributed by atoms with Gasteiger partial charge in [-0.2, -0.15) is 0 Å². The van der Waals surface area contributed by atoms with Crippen molar-refractivity contribution < 1.29 is 9.59 Å². The second-order valence-corrected chi connectivity index (χ2v) is 5.95. The number of hydrogen-bond donors (Lipinski definition) is 1. The molecule has 0 aliphatic heterocycles. The molecular weight excluding hydrogens is 262 g/mol. The number of carbonyl (C=O) groups is 2. The van der Waals surface area contributed by atoms with Crippen LogP contribution in [0.2, 0.25) is 0 Å². The monoisotopic (exact) mass is 285 g/mol. The van der Waals surface area contributed by atoms with Gasteiger partial charge in [-0.05, 0) is 43.4 Å². The molecule has 0 atom stereocenters. The lowest BCUT2D eigenvalue weighted by Crippen LogP contribution is -2.26. The van der Waals surface area contributed by atoms with E-state index in [0.717, 1.165) is 18.4 Å². The molecule has 0 spiro atoms. The van der Waals surface area contributed by atoms with Gasteiger partial charge in [-0.3, -0.25) is 9.59 Å². The molecule has 1 N–H and O–H groups in total. The highest BCUT2D eigenvalue weighted by molar-refractivity contribution is 6.24. The van der Waals surface area contributed by atoms with Crippen LogP contribution in [0.1, 0.15) is 59.9 Å². The summed E-state index contributed by atoms with van der Waals surface area (Å²) in [6.45, 7) is 6.96. The molecule has 1 aromatic rings. The number of benzene rings is 1. The van der Waals surface area contributed by atoms with Crippen LogP contribution in [0.25, 0.3) is 0 Å². The van der Waals surface area contributed by atoms with E-state index in [1.807, 2.05) is 19.1 Å². The summed E-state index contributed by atoms with van der Waals surface area (Å²) in [4.78, 5) is 24.5. The molecule has 0 radical (unpaired) electrons. The minimum Gasteiger partial charge on any atom is -0.382 e. The minimum absolute atomic E-state index is 0.0775. The number of hydrogen-bond acceptors (Lipinski definition) is 3. The Bertz CT molecular complexity index is 585. The Morgan fingerprint density at radius 1 is 1.14 bits per heavy atom. The summed E-state index contributed by atoms with van der Waals surface area (Å²) in [6, 6.07) is 5.65. The fraction of sp³-hybridized carbons (Fsp3) is 0.444. The van der Waals surface area contributed by atoms with Crippen molar-refractivity contribution >= 4 is 11.6 Å². The number of allylic oxidation sites excluding steroid dienone is 2. The van der Waals surface area contributed by atoms with Gasteiger partial charge in [0.05, 0.1) is 5.70 Å². The molecule has 112 valence electrons. The lowest BCUT2D eigenvalue weighted by Gasteiger charge is -2.16. The van der Waals surface area contributed by atoms with Gasteiger partial charge in [0.2, 0.25) is 5.78 Å². The molecule has 3 heteroatoms. The Hall–Kier alpha value is -1.90. The van der Waals surface area contributed by atoms with Crippen molar-refractivity contribution in [3.63, 3.8) is 0 Å². The molecule has 0 heterocycles. The van der Waals surface area contributed by atoms with Gasteiger partial charge in [-0.15, -0.1) is 0 Å². The van der Waals surface area contributed by atoms with Gasteiger partial charge < -0.3 is 5.32 Å². The van der Waals surface area contributed by atoms with E-state index in [1.54, 1.807) is 6.07 Å². The molecule has 2 rings (SSSR count). The zero-order valence-corrected chi connectivity index (χ0v) is 13.0. The van der Waals surface area contributed by atoms with Crippen LogP contribution in [0.5, 0.6) is 0 Å². The topological polar surface area (TPSA) is 46.2 Å². The van der Waals surface area contributed by atoms with E-state index in [1.165, 1.54) is 12.5 Å². The van der Waals surface area contributed by atoms with E-state index in [0.29, 0.717) is 29.3 Å². The van der Waals surface area contributed by atoms with Crippen LogP contribution in [0.4, 0.5) is 0 Å². The summed E-state index contributed by atoms with van der Waals surface area (Å²) in [5.41, 5.74) is 2.60. The fourth-order valence-electron chi connectivity index (χ4n) is 2.60. The molecule has 0 bridgehead atoms. The Balaban J connectivity index is 2.18. The number of ketones is 2. The Labute approximate surface area is 126 Å². The standard InChI is InChI=1S/C18H23NO2/c1-4-19-16-11-17(20)15-10-13(7-5-6-12(2)3)8-9-14(15)18(16)21/h8-12,19H,4-7H2,1-3H3. The minimum atomic E-state index is -0.0832. The number of rotatable bonds is 6. The summed E-state index contributed by atoms with van der Waals surface area (Å²) in [5.74, 6) is 0.530. The summed E-state index contributed by atoms with van der Waals surface area (Å²) in [6.07, 6.45) is 4.66. The third-order valence-electron chi connectivity index (χ3n) is 3.73. The van der Waals surface area contributed by atoms with Crippen LogP contribution in [0, 0.1) is 5.92 Å². The summed E-state index contributed by atoms with van der Waals surface area (Å²) >= 11 is 0. The molecule has 1 aromatic carbocycles. The molecule has 0 amide bonds. The smallest absolute Gasteiger partial charge is 0.209 e. The first-order valence-electron chi connectivity index (χ1n) is 7.70. The molecule has 0 aromatic heterocycles. The molecule has 21 heavy (non-hydrogen) atoms. The van der Waals surface area contributed by atoms with Gasteiger partial charge >= 0.3 is 0 Å². The summed E-state index contributed by atoms with van der Waals surface area (Å²) in [5, 5.41) is 2.96. The number of nitrogens with one attached hydrogen (secondary N) is 1. The molecule has 0 unspecified atom stereocenters. The van der Waals surface area contributed by atoms with Gasteiger partial charge in [-0.25, -0.2) is 0 Å². The van der Waals surface area contributed by atoms with Crippen molar-refractivity contribution in [3.05, 3.63) is 46.7 Å². The van der Waals surface area contributed by atoms with Crippen molar-refractivity contribution in [2.75, 3.05) is 6.54 Å². The fourth-order valence-corrected chi connectivity index (χ4v) is 2.60. The maximum Gasteiger partial charge on any atom is 0.209 e. The van der Waals surface area contributed by atoms with Crippen molar-refractivity contribution in [1.29, 1.82) is 0 Å². The average Bonchev–Trinajstić information content (AvgIpc) is 2.44. The molecule has 1 aliphatic rings. The largest absolute Gasteiger partial charge is 0.382 e. The highest BCUT2D eigenvalue weighted by Crippen LogP contribution is 2.22. The predicted octanol–water partition coefficient (Wildman–Crippen LogP) is 3.54. The maximum absolute atomic E-state index is 12.3. The van der Waals surface area contributed by atoms with Crippen LogP contribution in [0.15, 0.2) is 30.0 Å². The molecule has 0 fully saturated rings. The van der Waals surface area contributed by atoms with E-state index >= 15 is 0 Å². The second-order valence-electron chi connectivity index (χ2n) is 5.95. The third kappa shape index (κ3) is 3.60. The van der Waals surface area contributed by atoms with Gasteiger partial charge in [0, 0.05) is 23.7 Å². The quantitative estimate of drug-likeness (QED) is 0.869. The zero-order valence-electron chi connectivity index (χ0n) is 13.0. The van der Waals surface area contributed by atoms with Gasteiger partial charge in [0.1, 0.15) is 0 Å². The molecular formula is C18H23NO2. The molecule has 3 nitrogen and oxygen atoms in total. The highest BCUT2D eigenvalue weighted by atomic mass is 16.1. The molecule has 0 saturated heterocycles. The number of carbonyl (C=O) groups excluding carboxylic acids is 2. The van der Waals surface area contributed by atoms with Crippen LogP contribution in [-0.4, -0.2) is 18.1 Å². The van der Waals surface area contributed by atoms with E-state index in [2.05, 4.69) is 19.2 Å². The van der Waals surface area contributed by atoms with Crippen LogP contribution in [0.3, 0.4) is 0 Å². The van der Waals surface area contributed by atoms with Gasteiger partial charge in [0.15, 0.2) is 5.78 Å². The van der Waals surface area contributed by atoms with Crippen molar-refractivity contribution in [3.8, 4) is 0 Å². The third-order valence-corrected chi connectivity index (χ3v) is 3.73. The summed E-state index contributed by atoms with van der Waals surface area (Å²) < 4.78 is 0. The Kier molecular flexibility index (Phi) is 4.94. The number of aryl methyl sites for hydroxylation is 1.